The predicted octanol–water partition coefficient (Wildman–Crippen LogP) is 2.67. The quantitative estimate of drug-likeness (QED) is 0.501. The van der Waals surface area contributed by atoms with Gasteiger partial charge in [-0.1, -0.05) is 18.7 Å². The number of fused-ring (bicyclic) bond motifs is 2. The van der Waals surface area contributed by atoms with Crippen LogP contribution in [0.25, 0.3) is 0 Å². The Labute approximate surface area is 251 Å². The van der Waals surface area contributed by atoms with Crippen molar-refractivity contribution in [1.82, 2.24) is 25.3 Å². The van der Waals surface area contributed by atoms with E-state index >= 15 is 0 Å². The van der Waals surface area contributed by atoms with Crippen LogP contribution in [0.5, 0.6) is 0 Å². The number of rotatable bonds is 6. The van der Waals surface area contributed by atoms with Crippen LogP contribution in [0.2, 0.25) is 0 Å². The molecule has 0 radical (unpaired) electrons. The van der Waals surface area contributed by atoms with Crippen LogP contribution in [0.15, 0.2) is 30.9 Å². The number of nitrogens with zero attached hydrogens (tertiary/aromatic N) is 5. The third-order valence-corrected chi connectivity index (χ3v) is 10.9. The molecule has 9 nitrogen and oxygen atoms in total. The van der Waals surface area contributed by atoms with Gasteiger partial charge in [-0.05, 0) is 87.7 Å². The van der Waals surface area contributed by atoms with E-state index in [2.05, 4.69) is 77.2 Å². The summed E-state index contributed by atoms with van der Waals surface area (Å²) in [6, 6.07) is 9.93. The van der Waals surface area contributed by atoms with Crippen molar-refractivity contribution in [2.75, 3.05) is 58.3 Å². The lowest BCUT2D eigenvalue weighted by molar-refractivity contribution is -0.137. The molecule has 4 aliphatic heterocycles. The zero-order valence-electron chi connectivity index (χ0n) is 25.7. The largest absolute Gasteiger partial charge is 0.374 e. The molecule has 1 aliphatic carbocycles. The zero-order valence-corrected chi connectivity index (χ0v) is 25.7. The first kappa shape index (κ1) is 29.6. The summed E-state index contributed by atoms with van der Waals surface area (Å²) < 4.78 is 6.59. The van der Waals surface area contributed by atoms with Gasteiger partial charge in [-0.15, -0.1) is 0 Å². The predicted molar refractivity (Wildman–Crippen MR) is 165 cm³/mol. The van der Waals surface area contributed by atoms with Gasteiger partial charge in [0.15, 0.2) is 6.35 Å². The molecule has 1 amide bonds. The van der Waals surface area contributed by atoms with Crippen LogP contribution >= 0.6 is 0 Å². The number of hydrogen-bond acceptors (Lipinski definition) is 8. The molecule has 2 N–H and O–H groups in total. The Hall–Kier alpha value is -2.48. The van der Waals surface area contributed by atoms with E-state index in [0.717, 1.165) is 38.9 Å². The third-order valence-electron chi connectivity index (χ3n) is 10.9. The number of anilines is 1. The molecule has 5 aliphatic rings. The number of likely N-dealkylation sites (N-methyl/N-ethyl adjacent to an activating group) is 1. The zero-order chi connectivity index (χ0) is 29.4. The average molecular weight is 576 g/mol. The van der Waals surface area contributed by atoms with Gasteiger partial charge in [-0.25, -0.2) is 0 Å². The van der Waals surface area contributed by atoms with E-state index in [4.69, 9.17) is 4.74 Å². The number of nitriles is 1. The molecule has 3 saturated heterocycles. The highest BCUT2D eigenvalue weighted by molar-refractivity contribution is 5.87. The van der Waals surface area contributed by atoms with Crippen LogP contribution in [0.3, 0.4) is 0 Å². The molecule has 228 valence electrons. The normalized spacial score (nSPS) is 35.5. The molecule has 1 aromatic carbocycles. The molecule has 6 rings (SSSR count). The van der Waals surface area contributed by atoms with Gasteiger partial charge in [-0.2, -0.15) is 5.26 Å². The van der Waals surface area contributed by atoms with E-state index in [9.17, 15) is 10.1 Å². The van der Waals surface area contributed by atoms with Gasteiger partial charge in [0.05, 0.1) is 31.3 Å². The van der Waals surface area contributed by atoms with Crippen LogP contribution in [0, 0.1) is 29.6 Å². The number of piperazine rings is 1. The van der Waals surface area contributed by atoms with Gasteiger partial charge < -0.3 is 19.4 Å². The van der Waals surface area contributed by atoms with E-state index < -0.39 is 0 Å². The third kappa shape index (κ3) is 5.85. The highest BCUT2D eigenvalue weighted by Crippen LogP contribution is 2.48. The maximum Gasteiger partial charge on any atom is 0.246 e. The van der Waals surface area contributed by atoms with E-state index in [1.165, 1.54) is 42.2 Å². The molecule has 1 spiro atoms. The SMILES string of the molecule is C=CC(=O)N1CCN(C2NC(OCC3CCCN3C)NC3C[C@@]4(CCC32)Cc2ccc(C)cc2N(C)C4)CC1CC#N. The van der Waals surface area contributed by atoms with Crippen molar-refractivity contribution >= 4 is 11.6 Å². The number of ether oxygens (including phenoxy) is 1. The Balaban J connectivity index is 1.22. The summed E-state index contributed by atoms with van der Waals surface area (Å²) in [6.45, 7) is 10.9. The fraction of sp³-hybridized carbons (Fsp3) is 0.697. The monoisotopic (exact) mass is 575 g/mol. The lowest BCUT2D eigenvalue weighted by atomic mass is 9.62. The number of carbonyl (C=O) groups excluding carboxylic acids is 1. The molecular weight excluding hydrogens is 526 g/mol. The van der Waals surface area contributed by atoms with E-state index in [-0.39, 0.29) is 29.9 Å². The number of benzene rings is 1. The molecule has 4 heterocycles. The first-order valence-electron chi connectivity index (χ1n) is 16.0. The lowest BCUT2D eigenvalue weighted by Crippen LogP contribution is -2.73. The van der Waals surface area contributed by atoms with E-state index in [0.29, 0.717) is 44.1 Å². The maximum absolute atomic E-state index is 12.6. The smallest absolute Gasteiger partial charge is 0.246 e. The van der Waals surface area contributed by atoms with Crippen molar-refractivity contribution in [1.29, 1.82) is 5.26 Å². The highest BCUT2D eigenvalue weighted by Gasteiger charge is 2.50. The number of aryl methyl sites for hydroxylation is 1. The molecule has 4 fully saturated rings. The topological polar surface area (TPSA) is 87.1 Å². The van der Waals surface area contributed by atoms with Crippen molar-refractivity contribution in [3.05, 3.63) is 42.0 Å². The minimum absolute atomic E-state index is 0.0792. The van der Waals surface area contributed by atoms with Crippen LogP contribution in [0.1, 0.15) is 49.7 Å². The van der Waals surface area contributed by atoms with Gasteiger partial charge >= 0.3 is 0 Å². The number of carbonyl (C=O) groups is 1. The Morgan fingerprint density at radius 1 is 1.21 bits per heavy atom. The minimum atomic E-state index is -0.223. The second kappa shape index (κ2) is 12.3. The fourth-order valence-corrected chi connectivity index (χ4v) is 8.70. The second-order valence-corrected chi connectivity index (χ2v) is 13.7. The first-order chi connectivity index (χ1) is 20.3. The Morgan fingerprint density at radius 2 is 2.07 bits per heavy atom. The van der Waals surface area contributed by atoms with E-state index in [1.54, 1.807) is 0 Å². The maximum atomic E-state index is 12.6. The summed E-state index contributed by atoms with van der Waals surface area (Å²) in [5.41, 5.74) is 4.41. The minimum Gasteiger partial charge on any atom is -0.374 e. The molecule has 0 bridgehead atoms. The van der Waals surface area contributed by atoms with Crippen molar-refractivity contribution in [3.8, 4) is 6.07 Å². The van der Waals surface area contributed by atoms with Gasteiger partial charge in [0, 0.05) is 56.9 Å². The Kier molecular flexibility index (Phi) is 8.63. The van der Waals surface area contributed by atoms with Crippen molar-refractivity contribution < 1.29 is 9.53 Å². The molecule has 42 heavy (non-hydrogen) atoms. The standard InChI is InChI=1S/C33H49N7O2/c1-5-30(41)40-16-15-39(20-25(40)11-13-34)31-27-10-12-33(18-24-9-8-23(2)17-29(24)38(4)22-33)19-28(27)35-32(36-31)42-21-26-7-6-14-37(26)3/h5,8-9,17,25-28,31-32,35-36H,1,6-7,10-12,14-16,18-22H2,2-4H3/t25?,26?,27?,28?,31?,32?,33-/m1/s1. The molecule has 1 saturated carbocycles. The summed E-state index contributed by atoms with van der Waals surface area (Å²) in [4.78, 5) is 21.8. The van der Waals surface area contributed by atoms with Gasteiger partial charge in [0.1, 0.15) is 0 Å². The number of nitrogens with one attached hydrogen (secondary N) is 2. The molecular formula is C33H49N7O2. The van der Waals surface area contributed by atoms with E-state index in [1.807, 2.05) is 4.90 Å². The molecule has 1 aromatic rings. The fourth-order valence-electron chi connectivity index (χ4n) is 8.70. The van der Waals surface area contributed by atoms with Gasteiger partial charge in [0.2, 0.25) is 5.91 Å². The van der Waals surface area contributed by atoms with Crippen LogP contribution in [0.4, 0.5) is 5.69 Å². The summed E-state index contributed by atoms with van der Waals surface area (Å²) in [5, 5.41) is 17.4. The summed E-state index contributed by atoms with van der Waals surface area (Å²) in [6.07, 6.45) is 8.61. The average Bonchev–Trinajstić information content (AvgIpc) is 3.40. The van der Waals surface area contributed by atoms with Crippen LogP contribution in [-0.4, -0.2) is 105 Å². The number of likely N-dealkylation sites (tertiary alicyclic amines) is 1. The summed E-state index contributed by atoms with van der Waals surface area (Å²) in [7, 11) is 4.46. The summed E-state index contributed by atoms with van der Waals surface area (Å²) >= 11 is 0. The lowest BCUT2D eigenvalue weighted by Gasteiger charge is -2.57. The van der Waals surface area contributed by atoms with Gasteiger partial charge in [0.25, 0.3) is 0 Å². The Morgan fingerprint density at radius 3 is 2.83 bits per heavy atom. The van der Waals surface area contributed by atoms with Crippen molar-refractivity contribution in [3.63, 3.8) is 0 Å². The van der Waals surface area contributed by atoms with Crippen molar-refractivity contribution in [2.45, 2.75) is 82.5 Å². The van der Waals surface area contributed by atoms with Crippen LogP contribution in [-0.2, 0) is 16.0 Å². The summed E-state index contributed by atoms with van der Waals surface area (Å²) in [5.74, 6) is 0.350. The number of hydrogen-bond donors (Lipinski definition) is 2. The first-order valence-corrected chi connectivity index (χ1v) is 16.0. The highest BCUT2D eigenvalue weighted by atomic mass is 16.5. The Bertz CT molecular complexity index is 1200. The molecule has 9 heteroatoms. The molecule has 0 aromatic heterocycles. The van der Waals surface area contributed by atoms with Crippen LogP contribution < -0.4 is 15.5 Å². The second-order valence-electron chi connectivity index (χ2n) is 13.7. The number of amides is 1. The molecule has 6 unspecified atom stereocenters. The van der Waals surface area contributed by atoms with Crippen molar-refractivity contribution in [2.24, 2.45) is 11.3 Å². The molecule has 7 atom stereocenters. The van der Waals surface area contributed by atoms with Gasteiger partial charge in [-0.3, -0.25) is 20.3 Å².